The van der Waals surface area contributed by atoms with Crippen LogP contribution in [0, 0.1) is 0 Å². The van der Waals surface area contributed by atoms with Crippen molar-refractivity contribution >= 4 is 10.0 Å². The van der Waals surface area contributed by atoms with Gasteiger partial charge in [-0.15, -0.1) is 0 Å². The van der Waals surface area contributed by atoms with Crippen molar-refractivity contribution in [1.82, 2.24) is 10.2 Å². The van der Waals surface area contributed by atoms with Crippen LogP contribution in [0.2, 0.25) is 0 Å². The van der Waals surface area contributed by atoms with Gasteiger partial charge in [-0.1, -0.05) is 0 Å². The van der Waals surface area contributed by atoms with E-state index in [1.54, 1.807) is 0 Å². The molecule has 86 valence electrons. The van der Waals surface area contributed by atoms with E-state index in [2.05, 4.69) is 5.32 Å². The van der Waals surface area contributed by atoms with Gasteiger partial charge >= 0.3 is 0 Å². The summed E-state index contributed by atoms with van der Waals surface area (Å²) in [5.41, 5.74) is 0.768. The molecular weight excluding hydrogens is 221 g/mol. The lowest BCUT2D eigenvalue weighted by Gasteiger charge is -2.19. The molecular formula is C8H14FN3O2S. The van der Waals surface area contributed by atoms with E-state index in [-0.39, 0.29) is 6.54 Å². The Kier molecular flexibility index (Phi) is 3.48. The van der Waals surface area contributed by atoms with Crippen molar-refractivity contribution in [3.8, 4) is 0 Å². The van der Waals surface area contributed by atoms with Gasteiger partial charge in [-0.25, -0.2) is 17.9 Å². The zero-order valence-electron chi connectivity index (χ0n) is 8.62. The third-order valence-electron chi connectivity index (χ3n) is 1.83. The van der Waals surface area contributed by atoms with Crippen LogP contribution in [-0.2, 0) is 10.0 Å². The van der Waals surface area contributed by atoms with Crippen molar-refractivity contribution in [2.45, 2.75) is 0 Å². The van der Waals surface area contributed by atoms with Crippen LogP contribution in [-0.4, -0.2) is 40.5 Å². The minimum Gasteiger partial charge on any atom is -0.368 e. The number of hydrogen-bond donors (Lipinski definition) is 2. The molecule has 0 bridgehead atoms. The number of nitrogens with zero attached hydrogens (tertiary/aromatic N) is 1. The van der Waals surface area contributed by atoms with Gasteiger partial charge in [0.1, 0.15) is 0 Å². The highest BCUT2D eigenvalue weighted by Gasteiger charge is 2.21. The summed E-state index contributed by atoms with van der Waals surface area (Å²) in [6.45, 7) is 0.857. The largest absolute Gasteiger partial charge is 0.368 e. The SMILES string of the molecule is CN(C)CC1=CC(F)=C(S(N)(=O)=O)NC1. The summed E-state index contributed by atoms with van der Waals surface area (Å²) in [6.07, 6.45) is 1.20. The molecule has 0 fully saturated rings. The molecule has 1 rings (SSSR count). The molecule has 7 heteroatoms. The first-order valence-corrected chi connectivity index (χ1v) is 5.86. The summed E-state index contributed by atoms with van der Waals surface area (Å²) >= 11 is 0. The van der Waals surface area contributed by atoms with E-state index in [0.717, 1.165) is 5.57 Å². The topological polar surface area (TPSA) is 75.4 Å². The molecule has 3 N–H and O–H groups in total. The summed E-state index contributed by atoms with van der Waals surface area (Å²) in [5, 5.41) is 6.74. The van der Waals surface area contributed by atoms with E-state index >= 15 is 0 Å². The van der Waals surface area contributed by atoms with Crippen LogP contribution in [0.5, 0.6) is 0 Å². The highest BCUT2D eigenvalue weighted by Crippen LogP contribution is 2.16. The van der Waals surface area contributed by atoms with Crippen molar-refractivity contribution in [2.24, 2.45) is 5.14 Å². The third kappa shape index (κ3) is 3.29. The molecule has 0 aromatic carbocycles. The Morgan fingerprint density at radius 2 is 2.20 bits per heavy atom. The molecule has 1 heterocycles. The Morgan fingerprint density at radius 3 is 2.60 bits per heavy atom. The number of dihydropyridines is 1. The van der Waals surface area contributed by atoms with Gasteiger partial charge in [0.2, 0.25) is 0 Å². The molecule has 0 saturated carbocycles. The Morgan fingerprint density at radius 1 is 1.60 bits per heavy atom. The van der Waals surface area contributed by atoms with Gasteiger partial charge in [0.25, 0.3) is 10.0 Å². The molecule has 0 radical (unpaired) electrons. The van der Waals surface area contributed by atoms with Crippen molar-refractivity contribution in [3.05, 3.63) is 22.5 Å². The molecule has 15 heavy (non-hydrogen) atoms. The van der Waals surface area contributed by atoms with E-state index in [1.807, 2.05) is 19.0 Å². The first-order chi connectivity index (χ1) is 6.80. The van der Waals surface area contributed by atoms with Crippen LogP contribution in [0.1, 0.15) is 0 Å². The smallest absolute Gasteiger partial charge is 0.256 e. The molecule has 0 amide bonds. The summed E-state index contributed by atoms with van der Waals surface area (Å²) in [4.78, 5) is 1.86. The standard InChI is InChI=1S/C8H14FN3O2S/c1-12(2)5-6-3-7(9)8(11-4-6)15(10,13)14/h3,11H,4-5H2,1-2H3,(H2,10,13,14). The van der Waals surface area contributed by atoms with Crippen LogP contribution in [0.4, 0.5) is 4.39 Å². The van der Waals surface area contributed by atoms with E-state index in [1.165, 1.54) is 6.08 Å². The number of likely N-dealkylation sites (N-methyl/N-ethyl adjacent to an activating group) is 1. The number of sulfonamides is 1. The summed E-state index contributed by atoms with van der Waals surface area (Å²) < 4.78 is 35.1. The minimum atomic E-state index is -3.99. The van der Waals surface area contributed by atoms with Gasteiger partial charge in [-0.2, -0.15) is 0 Å². The Balaban J connectivity index is 2.94. The first-order valence-electron chi connectivity index (χ1n) is 4.31. The average Bonchev–Trinajstić information content (AvgIpc) is 1.99. The van der Waals surface area contributed by atoms with Gasteiger partial charge in [-0.05, 0) is 25.7 Å². The predicted octanol–water partition coefficient (Wildman–Crippen LogP) is -0.495. The second-order valence-corrected chi connectivity index (χ2v) is 5.11. The molecule has 0 saturated heterocycles. The average molecular weight is 235 g/mol. The number of allylic oxidation sites excluding steroid dienone is 2. The summed E-state index contributed by atoms with van der Waals surface area (Å²) in [5.74, 6) is -0.833. The number of halogens is 1. The molecule has 0 aromatic rings. The summed E-state index contributed by atoms with van der Waals surface area (Å²) in [7, 11) is -0.302. The molecule has 5 nitrogen and oxygen atoms in total. The van der Waals surface area contributed by atoms with E-state index in [0.29, 0.717) is 6.54 Å². The molecule has 1 aliphatic heterocycles. The van der Waals surface area contributed by atoms with E-state index in [9.17, 15) is 12.8 Å². The normalized spacial score (nSPS) is 17.8. The maximum atomic E-state index is 13.3. The maximum absolute atomic E-state index is 13.3. The number of primary sulfonamides is 1. The second kappa shape index (κ2) is 4.30. The molecule has 0 aromatic heterocycles. The van der Waals surface area contributed by atoms with Gasteiger partial charge in [0.15, 0.2) is 10.9 Å². The molecule has 0 atom stereocenters. The minimum absolute atomic E-state index is 0.289. The maximum Gasteiger partial charge on any atom is 0.256 e. The number of nitrogens with two attached hydrogens (primary N) is 1. The van der Waals surface area contributed by atoms with Crippen LogP contribution >= 0.6 is 0 Å². The molecule has 0 unspecified atom stereocenters. The lowest BCUT2D eigenvalue weighted by atomic mass is 10.2. The zero-order chi connectivity index (χ0) is 11.6. The van der Waals surface area contributed by atoms with Crippen LogP contribution in [0.25, 0.3) is 0 Å². The third-order valence-corrected chi connectivity index (χ3v) is 2.74. The van der Waals surface area contributed by atoms with E-state index in [4.69, 9.17) is 5.14 Å². The van der Waals surface area contributed by atoms with Crippen molar-refractivity contribution in [1.29, 1.82) is 0 Å². The molecule has 0 aliphatic carbocycles. The van der Waals surface area contributed by atoms with Crippen molar-refractivity contribution in [3.63, 3.8) is 0 Å². The number of nitrogens with one attached hydrogen (secondary N) is 1. The Hall–Kier alpha value is -0.920. The van der Waals surface area contributed by atoms with Crippen molar-refractivity contribution in [2.75, 3.05) is 27.2 Å². The predicted molar refractivity (Wildman–Crippen MR) is 55.9 cm³/mol. The fraction of sp³-hybridized carbons (Fsp3) is 0.500. The van der Waals surface area contributed by atoms with E-state index < -0.39 is 20.9 Å². The fourth-order valence-electron chi connectivity index (χ4n) is 1.32. The lowest BCUT2D eigenvalue weighted by Crippen LogP contribution is -2.33. The Labute approximate surface area is 88.5 Å². The van der Waals surface area contributed by atoms with Crippen LogP contribution in [0.15, 0.2) is 22.5 Å². The van der Waals surface area contributed by atoms with Crippen molar-refractivity contribution < 1.29 is 12.8 Å². The Bertz CT molecular complexity index is 412. The van der Waals surface area contributed by atoms with Crippen LogP contribution < -0.4 is 10.5 Å². The fourth-order valence-corrected chi connectivity index (χ4v) is 1.92. The first kappa shape index (κ1) is 12.2. The van der Waals surface area contributed by atoms with Gasteiger partial charge in [-0.3, -0.25) is 0 Å². The van der Waals surface area contributed by atoms with Gasteiger partial charge < -0.3 is 10.2 Å². The van der Waals surface area contributed by atoms with Gasteiger partial charge in [0, 0.05) is 13.1 Å². The highest BCUT2D eigenvalue weighted by atomic mass is 32.2. The quantitative estimate of drug-likeness (QED) is 0.692. The molecule has 0 spiro atoms. The monoisotopic (exact) mass is 235 g/mol. The highest BCUT2D eigenvalue weighted by molar-refractivity contribution is 7.93. The van der Waals surface area contributed by atoms with Gasteiger partial charge in [0.05, 0.1) is 0 Å². The summed E-state index contributed by atoms with van der Waals surface area (Å²) in [6, 6.07) is 0. The van der Waals surface area contributed by atoms with Crippen LogP contribution in [0.3, 0.4) is 0 Å². The lowest BCUT2D eigenvalue weighted by molar-refractivity contribution is 0.437. The second-order valence-electron chi connectivity index (χ2n) is 3.62. The number of rotatable bonds is 3. The molecule has 1 aliphatic rings. The zero-order valence-corrected chi connectivity index (χ0v) is 9.44. The number of hydrogen-bond acceptors (Lipinski definition) is 4.